The summed E-state index contributed by atoms with van der Waals surface area (Å²) in [6, 6.07) is 10.7. The van der Waals surface area contributed by atoms with Crippen LogP contribution in [-0.4, -0.2) is 16.1 Å². The van der Waals surface area contributed by atoms with Gasteiger partial charge >= 0.3 is 12.8 Å². The summed E-state index contributed by atoms with van der Waals surface area (Å²) in [5.74, 6) is -0.265. The van der Waals surface area contributed by atoms with E-state index >= 15 is 0 Å². The number of benzene rings is 2. The highest BCUT2D eigenvalue weighted by atomic mass is 35.5. The van der Waals surface area contributed by atoms with Gasteiger partial charge in [0.2, 0.25) is 0 Å². The number of rotatable bonds is 5. The first kappa shape index (κ1) is 19.1. The van der Waals surface area contributed by atoms with Crippen LogP contribution in [0.25, 0.3) is 16.8 Å². The second-order valence-corrected chi connectivity index (χ2v) is 6.47. The third-order valence-electron chi connectivity index (χ3n) is 4.15. The maximum Gasteiger partial charge on any atom is 0.586 e. The van der Waals surface area contributed by atoms with Crippen LogP contribution in [0.2, 0.25) is 5.02 Å². The smallest absolute Gasteiger partial charge is 0.395 e. The van der Waals surface area contributed by atoms with Crippen LogP contribution in [0, 0.1) is 0 Å². The molecule has 1 aromatic heterocycles. The van der Waals surface area contributed by atoms with E-state index in [9.17, 15) is 17.6 Å². The third kappa shape index (κ3) is 3.73. The van der Waals surface area contributed by atoms with E-state index in [1.54, 1.807) is 24.3 Å². The summed E-state index contributed by atoms with van der Waals surface area (Å²) in [4.78, 5) is 0. The van der Waals surface area contributed by atoms with Crippen LogP contribution in [0.5, 0.6) is 11.5 Å². The molecular weight excluding hydrogens is 414 g/mol. The number of hydrogen-bond donors (Lipinski definition) is 1. The van der Waals surface area contributed by atoms with Crippen LogP contribution < -0.4 is 14.8 Å². The van der Waals surface area contributed by atoms with Gasteiger partial charge in [-0.05, 0) is 29.8 Å². The van der Waals surface area contributed by atoms with Gasteiger partial charge in [-0.3, -0.25) is 0 Å². The van der Waals surface area contributed by atoms with Crippen LogP contribution >= 0.6 is 11.6 Å². The molecule has 0 radical (unpaired) electrons. The third-order valence-corrected chi connectivity index (χ3v) is 4.46. The Morgan fingerprint density at radius 2 is 1.76 bits per heavy atom. The Kier molecular flexibility index (Phi) is 4.62. The van der Waals surface area contributed by atoms with Gasteiger partial charge in [-0.15, -0.1) is 8.78 Å². The van der Waals surface area contributed by atoms with Crippen LogP contribution in [-0.2, 0) is 0 Å². The molecule has 150 valence electrons. The van der Waals surface area contributed by atoms with E-state index in [0.717, 1.165) is 0 Å². The van der Waals surface area contributed by atoms with Crippen LogP contribution in [0.4, 0.5) is 23.2 Å². The Hall–Kier alpha value is -3.20. The number of nitrogens with zero attached hydrogens (tertiary/aromatic N) is 2. The monoisotopic (exact) mass is 425 g/mol. The van der Waals surface area contributed by atoms with Crippen LogP contribution in [0.3, 0.4) is 0 Å². The summed E-state index contributed by atoms with van der Waals surface area (Å²) >= 11 is 6.18. The molecule has 0 atom stereocenters. The van der Waals surface area contributed by atoms with E-state index in [4.69, 9.17) is 11.6 Å². The summed E-state index contributed by atoms with van der Waals surface area (Å²) in [7, 11) is 0. The average Bonchev–Trinajstić information content (AvgIpc) is 3.25. The van der Waals surface area contributed by atoms with Crippen molar-refractivity contribution in [2.45, 2.75) is 12.8 Å². The number of ether oxygens (including phenoxy) is 2. The van der Waals surface area contributed by atoms with E-state index < -0.39 is 12.8 Å². The summed E-state index contributed by atoms with van der Waals surface area (Å²) < 4.78 is 61.7. The molecule has 3 aromatic rings. The first-order chi connectivity index (χ1) is 13.7. The molecular formula is C19H12ClF4N3O2. The van der Waals surface area contributed by atoms with Crippen molar-refractivity contribution < 1.29 is 27.0 Å². The van der Waals surface area contributed by atoms with Gasteiger partial charge in [0.05, 0.1) is 16.4 Å². The molecule has 0 fully saturated rings. The highest BCUT2D eigenvalue weighted by Gasteiger charge is 2.43. The Morgan fingerprint density at radius 3 is 2.41 bits per heavy atom. The molecule has 2 heterocycles. The summed E-state index contributed by atoms with van der Waals surface area (Å²) in [5, 5.41) is 6.68. The SMILES string of the molecule is C=C(Nc1ccc(-c2cc3c(cc2Cl)OC(F)(F)O3)cc1)c1ccnn1C(F)F. The zero-order valence-corrected chi connectivity index (χ0v) is 15.3. The molecule has 1 aliphatic heterocycles. The Balaban J connectivity index is 1.55. The molecule has 1 N–H and O–H groups in total. The largest absolute Gasteiger partial charge is 0.586 e. The number of alkyl halides is 4. The van der Waals surface area contributed by atoms with Crippen LogP contribution in [0.1, 0.15) is 12.2 Å². The predicted octanol–water partition coefficient (Wildman–Crippen LogP) is 6.00. The van der Waals surface area contributed by atoms with Crippen molar-refractivity contribution in [3.05, 3.63) is 66.0 Å². The lowest BCUT2D eigenvalue weighted by molar-refractivity contribution is -0.286. The van der Waals surface area contributed by atoms with Crippen molar-refractivity contribution in [3.63, 3.8) is 0 Å². The molecule has 0 saturated heterocycles. The topological polar surface area (TPSA) is 48.3 Å². The Labute approximate surface area is 167 Å². The lowest BCUT2D eigenvalue weighted by atomic mass is 10.0. The number of nitrogens with one attached hydrogen (secondary N) is 1. The molecule has 1 aliphatic rings. The molecule has 10 heteroatoms. The van der Waals surface area contributed by atoms with Crippen molar-refractivity contribution in [1.29, 1.82) is 0 Å². The first-order valence-corrected chi connectivity index (χ1v) is 8.59. The van der Waals surface area contributed by atoms with Crippen molar-refractivity contribution in [2.75, 3.05) is 5.32 Å². The first-order valence-electron chi connectivity index (χ1n) is 8.21. The number of fused-ring (bicyclic) bond motifs is 1. The second-order valence-electron chi connectivity index (χ2n) is 6.07. The molecule has 0 unspecified atom stereocenters. The van der Waals surface area contributed by atoms with Crippen molar-refractivity contribution in [3.8, 4) is 22.6 Å². The Bertz CT molecular complexity index is 1080. The molecule has 0 saturated carbocycles. The van der Waals surface area contributed by atoms with Crippen molar-refractivity contribution >= 4 is 23.0 Å². The van der Waals surface area contributed by atoms with Gasteiger partial charge in [0.25, 0.3) is 0 Å². The lowest BCUT2D eigenvalue weighted by Crippen LogP contribution is -2.25. The highest BCUT2D eigenvalue weighted by Crippen LogP contribution is 2.46. The minimum atomic E-state index is -3.73. The van der Waals surface area contributed by atoms with Crippen molar-refractivity contribution in [2.24, 2.45) is 0 Å². The van der Waals surface area contributed by atoms with E-state index in [0.29, 0.717) is 21.5 Å². The maximum absolute atomic E-state index is 13.2. The van der Waals surface area contributed by atoms with Gasteiger partial charge < -0.3 is 14.8 Å². The van der Waals surface area contributed by atoms with Gasteiger partial charge in [-0.2, -0.15) is 13.9 Å². The fourth-order valence-corrected chi connectivity index (χ4v) is 3.14. The molecule has 5 nitrogen and oxygen atoms in total. The number of anilines is 1. The summed E-state index contributed by atoms with van der Waals surface area (Å²) in [5.41, 5.74) is 2.05. The minimum Gasteiger partial charge on any atom is -0.395 e. The molecule has 2 aromatic carbocycles. The Morgan fingerprint density at radius 1 is 1.10 bits per heavy atom. The van der Waals surface area contributed by atoms with Crippen molar-refractivity contribution in [1.82, 2.24) is 9.78 Å². The quantitative estimate of drug-likeness (QED) is 0.509. The molecule has 0 aliphatic carbocycles. The van der Waals surface area contributed by atoms with Crippen LogP contribution in [0.15, 0.2) is 55.2 Å². The maximum atomic E-state index is 13.2. The van der Waals surface area contributed by atoms with E-state index in [1.807, 2.05) is 0 Å². The van der Waals surface area contributed by atoms with Gasteiger partial charge in [-0.25, -0.2) is 4.68 Å². The average molecular weight is 426 g/mol. The number of aromatic nitrogens is 2. The zero-order chi connectivity index (χ0) is 20.8. The molecule has 0 amide bonds. The van der Waals surface area contributed by atoms with E-state index in [-0.39, 0.29) is 27.9 Å². The van der Waals surface area contributed by atoms with E-state index in [2.05, 4.69) is 26.5 Å². The zero-order valence-electron chi connectivity index (χ0n) is 14.5. The summed E-state index contributed by atoms with van der Waals surface area (Å²) in [6.45, 7) is 0.965. The second kappa shape index (κ2) is 7.00. The number of halogens is 5. The lowest BCUT2D eigenvalue weighted by Gasteiger charge is -2.12. The predicted molar refractivity (Wildman–Crippen MR) is 99.2 cm³/mol. The standard InChI is InChI=1S/C19H12ClF4N3O2/c1-10(15-6-7-25-27(15)18(21)22)26-12-4-2-11(3-5-12)13-8-16-17(9-14(13)20)29-19(23,24)28-16/h2-9,18,26H,1H2. The fourth-order valence-electron chi connectivity index (χ4n) is 2.87. The summed E-state index contributed by atoms with van der Waals surface area (Å²) in [6.07, 6.45) is -2.48. The molecule has 4 rings (SSSR count). The molecule has 0 bridgehead atoms. The van der Waals surface area contributed by atoms with Gasteiger partial charge in [0.1, 0.15) is 0 Å². The van der Waals surface area contributed by atoms with Gasteiger partial charge in [0, 0.05) is 23.5 Å². The van der Waals surface area contributed by atoms with E-state index in [1.165, 1.54) is 24.4 Å². The minimum absolute atomic E-state index is 0.120. The molecule has 29 heavy (non-hydrogen) atoms. The fraction of sp³-hybridized carbons (Fsp3) is 0.105. The normalized spacial score (nSPS) is 14.3. The number of hydrogen-bond acceptors (Lipinski definition) is 4. The van der Waals surface area contributed by atoms with Gasteiger partial charge in [-0.1, -0.05) is 30.3 Å². The molecule has 0 spiro atoms. The van der Waals surface area contributed by atoms with Gasteiger partial charge in [0.15, 0.2) is 11.5 Å². The highest BCUT2D eigenvalue weighted by molar-refractivity contribution is 6.33.